The van der Waals surface area contributed by atoms with Crippen LogP contribution in [0.5, 0.6) is 0 Å². The number of carbonyl (C=O) groups is 2. The van der Waals surface area contributed by atoms with Crippen LogP contribution in [0.3, 0.4) is 0 Å². The molecule has 0 aromatic rings. The zero-order valence-electron chi connectivity index (χ0n) is 11.4. The van der Waals surface area contributed by atoms with Crippen LogP contribution in [0.2, 0.25) is 0 Å². The van der Waals surface area contributed by atoms with Crippen molar-refractivity contribution in [3.8, 4) is 0 Å². The van der Waals surface area contributed by atoms with Gasteiger partial charge in [-0.2, -0.15) is 0 Å². The van der Waals surface area contributed by atoms with Crippen molar-refractivity contribution < 1.29 is 29.3 Å². The van der Waals surface area contributed by atoms with E-state index in [1.54, 1.807) is 6.92 Å². The molecule has 0 saturated heterocycles. The lowest BCUT2D eigenvalue weighted by molar-refractivity contribution is -0.182. The predicted octanol–water partition coefficient (Wildman–Crippen LogP) is 0.686. The summed E-state index contributed by atoms with van der Waals surface area (Å²) in [4.78, 5) is 23.0. The molecule has 1 unspecified atom stereocenters. The Kier molecular flexibility index (Phi) is 7.71. The molecule has 0 fully saturated rings. The van der Waals surface area contributed by atoms with Gasteiger partial charge in [0.2, 0.25) is 6.29 Å². The van der Waals surface area contributed by atoms with E-state index >= 15 is 0 Å². The van der Waals surface area contributed by atoms with Gasteiger partial charge in [-0.25, -0.2) is 9.59 Å². The summed E-state index contributed by atoms with van der Waals surface area (Å²) in [5, 5.41) is 17.9. The number of aliphatic hydroxyl groups excluding tert-OH is 2. The Hall–Kier alpha value is -1.66. The lowest BCUT2D eigenvalue weighted by Gasteiger charge is -2.17. The molecule has 0 aliphatic rings. The Balaban J connectivity index is 4.72. The molecule has 0 heterocycles. The highest BCUT2D eigenvalue weighted by Crippen LogP contribution is 2.10. The number of aliphatic hydroxyl groups is 2. The Morgan fingerprint density at radius 3 is 1.95 bits per heavy atom. The number of hydrogen-bond donors (Lipinski definition) is 2. The molecule has 0 aliphatic heterocycles. The minimum absolute atomic E-state index is 0.0924. The molecule has 0 bridgehead atoms. The third-order valence-corrected chi connectivity index (χ3v) is 2.38. The summed E-state index contributed by atoms with van der Waals surface area (Å²) in [6.07, 6.45) is -0.740. The molecule has 0 rings (SSSR count). The van der Waals surface area contributed by atoms with Gasteiger partial charge in [-0.15, -0.1) is 0 Å². The third-order valence-electron chi connectivity index (χ3n) is 2.38. The van der Waals surface area contributed by atoms with E-state index in [1.165, 1.54) is 13.8 Å². The van der Waals surface area contributed by atoms with Gasteiger partial charge in [0.05, 0.1) is 13.2 Å². The van der Waals surface area contributed by atoms with Crippen molar-refractivity contribution in [2.75, 3.05) is 13.2 Å². The van der Waals surface area contributed by atoms with Gasteiger partial charge in [0.1, 0.15) is 0 Å². The van der Waals surface area contributed by atoms with Crippen molar-refractivity contribution in [1.82, 2.24) is 0 Å². The molecule has 0 radical (unpaired) electrons. The van der Waals surface area contributed by atoms with Crippen LogP contribution in [0.15, 0.2) is 23.3 Å². The van der Waals surface area contributed by atoms with Crippen molar-refractivity contribution in [1.29, 1.82) is 0 Å². The van der Waals surface area contributed by atoms with Gasteiger partial charge in [0.25, 0.3) is 0 Å². The molecule has 0 spiro atoms. The SMILES string of the molecule is C=C(C)C(=O)OC(CC)OC(=O)C(C)=C(CO)CO. The largest absolute Gasteiger partial charge is 0.422 e. The average Bonchev–Trinajstić information content (AvgIpc) is 2.38. The van der Waals surface area contributed by atoms with Gasteiger partial charge in [-0.1, -0.05) is 13.5 Å². The third kappa shape index (κ3) is 5.67. The lowest BCUT2D eigenvalue weighted by Crippen LogP contribution is -2.25. The van der Waals surface area contributed by atoms with Gasteiger partial charge in [-0.3, -0.25) is 0 Å². The van der Waals surface area contributed by atoms with Crippen LogP contribution in [0.4, 0.5) is 0 Å². The number of hydrogen-bond acceptors (Lipinski definition) is 6. The second kappa shape index (κ2) is 8.44. The molecule has 108 valence electrons. The molecule has 1 atom stereocenters. The van der Waals surface area contributed by atoms with Gasteiger partial charge >= 0.3 is 11.9 Å². The molecule has 6 nitrogen and oxygen atoms in total. The Morgan fingerprint density at radius 1 is 1.11 bits per heavy atom. The standard InChI is InChI=1S/C13H20O6/c1-5-11(18-12(16)8(2)3)19-13(17)9(4)10(6-14)7-15/h11,14-15H,2,5-7H2,1,3-4H3. The normalized spacial score (nSPS) is 11.4. The molecule has 0 aromatic carbocycles. The van der Waals surface area contributed by atoms with E-state index < -0.39 is 31.4 Å². The summed E-state index contributed by atoms with van der Waals surface area (Å²) in [7, 11) is 0. The van der Waals surface area contributed by atoms with Crippen molar-refractivity contribution in [2.24, 2.45) is 0 Å². The highest BCUT2D eigenvalue weighted by atomic mass is 16.7. The maximum absolute atomic E-state index is 11.7. The number of ether oxygens (including phenoxy) is 2. The van der Waals surface area contributed by atoms with Crippen molar-refractivity contribution in [3.63, 3.8) is 0 Å². The monoisotopic (exact) mass is 272 g/mol. The van der Waals surface area contributed by atoms with Gasteiger partial charge in [0.15, 0.2) is 0 Å². The molecule has 6 heteroatoms. The van der Waals surface area contributed by atoms with Crippen molar-refractivity contribution in [2.45, 2.75) is 33.5 Å². The first-order valence-electron chi connectivity index (χ1n) is 5.85. The Labute approximate surface area is 112 Å². The first kappa shape index (κ1) is 17.3. The highest BCUT2D eigenvalue weighted by molar-refractivity contribution is 5.89. The van der Waals surface area contributed by atoms with Crippen LogP contribution in [-0.4, -0.2) is 41.7 Å². The molecule has 2 N–H and O–H groups in total. The Morgan fingerprint density at radius 2 is 1.58 bits per heavy atom. The first-order valence-corrected chi connectivity index (χ1v) is 5.85. The molecule has 0 amide bonds. The number of rotatable bonds is 7. The van der Waals surface area contributed by atoms with Gasteiger partial charge in [0, 0.05) is 17.6 Å². The van der Waals surface area contributed by atoms with Crippen LogP contribution in [-0.2, 0) is 19.1 Å². The number of esters is 2. The summed E-state index contributed by atoms with van der Waals surface area (Å²) in [5.41, 5.74) is 0.453. The van der Waals surface area contributed by atoms with Crippen LogP contribution >= 0.6 is 0 Å². The van der Waals surface area contributed by atoms with E-state index in [4.69, 9.17) is 19.7 Å². The smallest absolute Gasteiger partial charge is 0.336 e. The molecular weight excluding hydrogens is 252 g/mol. The molecule has 0 aliphatic carbocycles. The molecule has 19 heavy (non-hydrogen) atoms. The quantitative estimate of drug-likeness (QED) is 0.402. The molecule has 0 saturated carbocycles. The lowest BCUT2D eigenvalue weighted by atomic mass is 10.1. The fourth-order valence-corrected chi connectivity index (χ4v) is 1.05. The van der Waals surface area contributed by atoms with E-state index in [2.05, 4.69) is 6.58 Å². The Bertz CT molecular complexity index is 377. The van der Waals surface area contributed by atoms with Crippen molar-refractivity contribution >= 4 is 11.9 Å². The second-order valence-corrected chi connectivity index (χ2v) is 3.97. The van der Waals surface area contributed by atoms with E-state index in [1.807, 2.05) is 0 Å². The minimum atomic E-state index is -1.02. The number of carbonyl (C=O) groups excluding carboxylic acids is 2. The van der Waals surface area contributed by atoms with E-state index in [0.29, 0.717) is 0 Å². The zero-order valence-corrected chi connectivity index (χ0v) is 11.4. The van der Waals surface area contributed by atoms with E-state index in [-0.39, 0.29) is 23.1 Å². The fourth-order valence-electron chi connectivity index (χ4n) is 1.05. The van der Waals surface area contributed by atoms with E-state index in [9.17, 15) is 9.59 Å². The van der Waals surface area contributed by atoms with Crippen molar-refractivity contribution in [3.05, 3.63) is 23.3 Å². The summed E-state index contributed by atoms with van der Waals surface area (Å²) >= 11 is 0. The van der Waals surface area contributed by atoms with Gasteiger partial charge in [-0.05, 0) is 19.4 Å². The summed E-state index contributed by atoms with van der Waals surface area (Å²) in [5.74, 6) is -1.40. The van der Waals surface area contributed by atoms with Crippen LogP contribution in [0, 0.1) is 0 Å². The first-order chi connectivity index (χ1) is 8.87. The van der Waals surface area contributed by atoms with Crippen LogP contribution < -0.4 is 0 Å². The summed E-state index contributed by atoms with van der Waals surface area (Å²) in [6, 6.07) is 0. The topological polar surface area (TPSA) is 93.1 Å². The van der Waals surface area contributed by atoms with Crippen LogP contribution in [0.25, 0.3) is 0 Å². The predicted molar refractivity (Wildman–Crippen MR) is 67.9 cm³/mol. The molecule has 0 aromatic heterocycles. The average molecular weight is 272 g/mol. The maximum atomic E-state index is 11.7. The highest BCUT2D eigenvalue weighted by Gasteiger charge is 2.20. The fraction of sp³-hybridized carbons (Fsp3) is 0.538. The van der Waals surface area contributed by atoms with E-state index in [0.717, 1.165) is 0 Å². The summed E-state index contributed by atoms with van der Waals surface area (Å²) in [6.45, 7) is 7.11. The molecular formula is C13H20O6. The zero-order chi connectivity index (χ0) is 15.0. The summed E-state index contributed by atoms with van der Waals surface area (Å²) < 4.78 is 9.86. The maximum Gasteiger partial charge on any atom is 0.336 e. The van der Waals surface area contributed by atoms with Crippen LogP contribution in [0.1, 0.15) is 27.2 Å². The van der Waals surface area contributed by atoms with Gasteiger partial charge < -0.3 is 19.7 Å². The minimum Gasteiger partial charge on any atom is -0.422 e. The second-order valence-electron chi connectivity index (χ2n) is 3.97.